The normalized spacial score (nSPS) is 18.0. The van der Waals surface area contributed by atoms with E-state index in [1.54, 1.807) is 12.1 Å². The minimum Gasteiger partial charge on any atom is -0.369 e. The maximum Gasteiger partial charge on any atom is 0.112 e. The van der Waals surface area contributed by atoms with Crippen molar-refractivity contribution in [1.82, 2.24) is 0 Å². The second-order valence-electron chi connectivity index (χ2n) is 6.23. The van der Waals surface area contributed by atoms with Crippen LogP contribution in [0.25, 0.3) is 0 Å². The maximum atomic E-state index is 9.10. The summed E-state index contributed by atoms with van der Waals surface area (Å²) in [6.07, 6.45) is 3.00. The van der Waals surface area contributed by atoms with E-state index in [0.29, 0.717) is 28.8 Å². The van der Waals surface area contributed by atoms with E-state index in [9.17, 15) is 0 Å². The highest BCUT2D eigenvalue weighted by Crippen LogP contribution is 2.42. The van der Waals surface area contributed by atoms with Crippen molar-refractivity contribution < 1.29 is 0 Å². The van der Waals surface area contributed by atoms with Crippen molar-refractivity contribution in [3.63, 3.8) is 0 Å². The average molecular weight is 341 g/mol. The van der Waals surface area contributed by atoms with E-state index in [0.717, 1.165) is 18.8 Å². The van der Waals surface area contributed by atoms with Crippen LogP contribution in [-0.2, 0) is 0 Å². The fourth-order valence-electron chi connectivity index (χ4n) is 2.56. The molecule has 4 heteroatoms. The van der Waals surface area contributed by atoms with Crippen LogP contribution in [0.3, 0.4) is 0 Å². The Morgan fingerprint density at radius 1 is 1.16 bits per heavy atom. The van der Waals surface area contributed by atoms with Crippen LogP contribution in [0.1, 0.15) is 46.6 Å². The lowest BCUT2D eigenvalue weighted by molar-refractivity contribution is 0.494. The number of anilines is 1. The predicted molar refractivity (Wildman–Crippen MR) is 112 cm³/mol. The molecule has 2 atom stereocenters. The van der Waals surface area contributed by atoms with Crippen LogP contribution in [-0.4, -0.2) is 26.5 Å². The molecule has 0 spiro atoms. The summed E-state index contributed by atoms with van der Waals surface area (Å²) in [5, 5.41) is 9.10. The Kier molecular flexibility index (Phi) is 10.9. The molecule has 0 bridgehead atoms. The summed E-state index contributed by atoms with van der Waals surface area (Å²) in [6.45, 7) is 23.1. The predicted octanol–water partition coefficient (Wildman–Crippen LogP) is 5.92. The second kappa shape index (κ2) is 12.0. The Bertz CT molecular complexity index is 603. The summed E-state index contributed by atoms with van der Waals surface area (Å²) in [6, 6.07) is 5.83. The highest BCUT2D eigenvalue weighted by molar-refractivity contribution is 5.85. The molecule has 0 saturated carbocycles. The summed E-state index contributed by atoms with van der Waals surface area (Å²) in [7, 11) is 0. The van der Waals surface area contributed by atoms with E-state index < -0.39 is 0 Å². The van der Waals surface area contributed by atoms with Gasteiger partial charge in [0.2, 0.25) is 0 Å². The van der Waals surface area contributed by atoms with Crippen LogP contribution in [0, 0.1) is 23.2 Å². The highest BCUT2D eigenvalue weighted by atomic mass is 15.2. The van der Waals surface area contributed by atoms with Gasteiger partial charge in [0.1, 0.15) is 17.4 Å². The van der Waals surface area contributed by atoms with E-state index in [1.807, 2.05) is 13.0 Å². The number of nitrogens with zero attached hydrogens (tertiary/aromatic N) is 4. The van der Waals surface area contributed by atoms with E-state index in [-0.39, 0.29) is 0 Å². The van der Waals surface area contributed by atoms with Crippen LogP contribution in [0.15, 0.2) is 34.8 Å². The Hall–Kier alpha value is -2.41. The van der Waals surface area contributed by atoms with E-state index in [4.69, 9.17) is 5.26 Å². The van der Waals surface area contributed by atoms with Gasteiger partial charge in [0, 0.05) is 13.1 Å². The Morgan fingerprint density at radius 2 is 1.60 bits per heavy atom. The Morgan fingerprint density at radius 3 is 1.96 bits per heavy atom. The zero-order valence-electron chi connectivity index (χ0n) is 16.4. The van der Waals surface area contributed by atoms with Gasteiger partial charge in [-0.05, 0) is 44.3 Å². The van der Waals surface area contributed by atoms with Gasteiger partial charge in [-0.15, -0.1) is 6.58 Å². The van der Waals surface area contributed by atoms with Gasteiger partial charge < -0.3 is 4.90 Å². The number of allylic oxidation sites excluding steroid dienone is 1. The van der Waals surface area contributed by atoms with Gasteiger partial charge >= 0.3 is 0 Å². The van der Waals surface area contributed by atoms with Crippen molar-refractivity contribution in [1.29, 1.82) is 5.26 Å². The zero-order chi connectivity index (χ0) is 19.4. The molecular formula is C21H32N4. The topological polar surface area (TPSA) is 51.8 Å². The lowest BCUT2D eigenvalue weighted by Crippen LogP contribution is -2.19. The summed E-state index contributed by atoms with van der Waals surface area (Å²) in [5.41, 5.74) is 2.67. The van der Waals surface area contributed by atoms with Gasteiger partial charge in [0.05, 0.1) is 11.3 Å². The first-order valence-corrected chi connectivity index (χ1v) is 8.77. The molecule has 1 saturated heterocycles. The maximum absolute atomic E-state index is 9.10. The molecule has 0 radical (unpaired) electrons. The molecule has 4 nitrogen and oxygen atoms in total. The first-order chi connectivity index (χ1) is 11.9. The molecular weight excluding hydrogens is 308 g/mol. The third-order valence-electron chi connectivity index (χ3n) is 3.90. The molecule has 1 aromatic carbocycles. The fourth-order valence-corrected chi connectivity index (χ4v) is 2.56. The minimum atomic E-state index is 0.487. The standard InChI is InChI=1S/C15H18N4.C3H8.C3H6/c1-10-8-19(9-11(10)2)13-6-5-12(7-16)14(17-3)15(13)18-4;2*1-3-2/h5-6,10-11H,3-4,8-9H2,1-2H3;3H2,1-2H3;3H,1H2,2H3. The van der Waals surface area contributed by atoms with Crippen LogP contribution in [0.5, 0.6) is 0 Å². The number of benzene rings is 1. The molecule has 1 heterocycles. The van der Waals surface area contributed by atoms with Crippen LogP contribution in [0.4, 0.5) is 17.1 Å². The number of aliphatic imine (C=N–C) groups is 2. The van der Waals surface area contributed by atoms with Gasteiger partial charge in [-0.2, -0.15) is 5.26 Å². The first kappa shape index (κ1) is 22.6. The van der Waals surface area contributed by atoms with E-state index >= 15 is 0 Å². The number of hydrogen-bond acceptors (Lipinski definition) is 4. The zero-order valence-corrected chi connectivity index (χ0v) is 16.4. The lowest BCUT2D eigenvalue weighted by Gasteiger charge is -2.21. The Labute approximate surface area is 153 Å². The van der Waals surface area contributed by atoms with Crippen molar-refractivity contribution in [2.75, 3.05) is 18.0 Å². The van der Waals surface area contributed by atoms with Gasteiger partial charge in [-0.1, -0.05) is 40.2 Å². The van der Waals surface area contributed by atoms with Crippen LogP contribution >= 0.6 is 0 Å². The molecule has 1 fully saturated rings. The highest BCUT2D eigenvalue weighted by Gasteiger charge is 2.28. The van der Waals surface area contributed by atoms with Gasteiger partial charge in [-0.3, -0.25) is 9.98 Å². The van der Waals surface area contributed by atoms with Crippen molar-refractivity contribution in [2.24, 2.45) is 21.8 Å². The first-order valence-electron chi connectivity index (χ1n) is 8.77. The summed E-state index contributed by atoms with van der Waals surface area (Å²) in [5.74, 6) is 1.29. The van der Waals surface area contributed by atoms with Gasteiger partial charge in [0.25, 0.3) is 0 Å². The molecule has 136 valence electrons. The smallest absolute Gasteiger partial charge is 0.112 e. The number of rotatable bonds is 3. The SMILES string of the molecule is C=CC.C=Nc1c(C#N)ccc(N2CC(C)C(C)C2)c1N=C.CCC. The van der Waals surface area contributed by atoms with E-state index in [2.05, 4.69) is 68.7 Å². The molecule has 2 unspecified atom stereocenters. The lowest BCUT2D eigenvalue weighted by atomic mass is 10.0. The molecule has 1 aliphatic rings. The summed E-state index contributed by atoms with van der Waals surface area (Å²) >= 11 is 0. The van der Waals surface area contributed by atoms with E-state index in [1.165, 1.54) is 6.42 Å². The molecule has 2 rings (SSSR count). The molecule has 1 aliphatic heterocycles. The van der Waals surface area contributed by atoms with Gasteiger partial charge in [0.15, 0.2) is 0 Å². The van der Waals surface area contributed by atoms with Crippen molar-refractivity contribution in [3.05, 3.63) is 30.4 Å². The van der Waals surface area contributed by atoms with Crippen LogP contribution in [0.2, 0.25) is 0 Å². The largest absolute Gasteiger partial charge is 0.369 e. The molecule has 25 heavy (non-hydrogen) atoms. The number of nitriles is 1. The molecule has 0 amide bonds. The summed E-state index contributed by atoms with van der Waals surface area (Å²) in [4.78, 5) is 10.3. The third-order valence-corrected chi connectivity index (χ3v) is 3.90. The Balaban J connectivity index is 0.000000844. The van der Waals surface area contributed by atoms with Crippen molar-refractivity contribution in [2.45, 2.75) is 41.0 Å². The third kappa shape index (κ3) is 6.19. The quantitative estimate of drug-likeness (QED) is 0.506. The monoisotopic (exact) mass is 340 g/mol. The molecule has 0 aliphatic carbocycles. The minimum absolute atomic E-state index is 0.487. The van der Waals surface area contributed by atoms with Crippen molar-refractivity contribution in [3.8, 4) is 6.07 Å². The molecule has 0 aromatic heterocycles. The average Bonchev–Trinajstić information content (AvgIpc) is 2.93. The van der Waals surface area contributed by atoms with Crippen molar-refractivity contribution >= 4 is 30.5 Å². The molecule has 1 aromatic rings. The molecule has 0 N–H and O–H groups in total. The fraction of sp³-hybridized carbons (Fsp3) is 0.476. The van der Waals surface area contributed by atoms with Gasteiger partial charge in [-0.25, -0.2) is 0 Å². The summed E-state index contributed by atoms with van der Waals surface area (Å²) < 4.78 is 0. The van der Waals surface area contributed by atoms with Crippen LogP contribution < -0.4 is 4.90 Å². The number of hydrogen-bond donors (Lipinski definition) is 0. The second-order valence-corrected chi connectivity index (χ2v) is 6.23.